The Labute approximate surface area is 113 Å². The van der Waals surface area contributed by atoms with Gasteiger partial charge in [0.1, 0.15) is 0 Å². The van der Waals surface area contributed by atoms with Crippen molar-refractivity contribution in [2.75, 3.05) is 0 Å². The minimum atomic E-state index is 0.392. The van der Waals surface area contributed by atoms with E-state index in [-0.39, 0.29) is 0 Å². The zero-order chi connectivity index (χ0) is 12.7. The molecule has 1 atom stereocenters. The maximum atomic E-state index is 3.64. The van der Waals surface area contributed by atoms with Gasteiger partial charge in [-0.2, -0.15) is 0 Å². The maximum Gasteiger partial charge on any atom is 0.0252 e. The van der Waals surface area contributed by atoms with Gasteiger partial charge in [0.25, 0.3) is 0 Å². The largest absolute Gasteiger partial charge is 0.0620 e. The molecule has 0 heteroatoms. The van der Waals surface area contributed by atoms with E-state index in [2.05, 4.69) is 73.2 Å². The standard InChI is InChI=1S/C19H14/c1-2-8-16-13-17(12-15(16)7-1)19-11-5-9-14-6-3-4-10-18(14)19/h1-11,17H,12H2. The fourth-order valence-electron chi connectivity index (χ4n) is 3.04. The van der Waals surface area contributed by atoms with E-state index in [9.17, 15) is 0 Å². The van der Waals surface area contributed by atoms with Crippen LogP contribution in [0.2, 0.25) is 0 Å². The third-order valence-corrected chi connectivity index (χ3v) is 3.97. The SMILES string of the molecule is [C]1c2ccccc2CC1c1cccc2ccccc12. The summed E-state index contributed by atoms with van der Waals surface area (Å²) < 4.78 is 0. The molecular formula is C19H14. The van der Waals surface area contributed by atoms with Crippen LogP contribution in [0.15, 0.2) is 66.7 Å². The van der Waals surface area contributed by atoms with Crippen molar-refractivity contribution < 1.29 is 0 Å². The molecule has 19 heavy (non-hydrogen) atoms. The highest BCUT2D eigenvalue weighted by molar-refractivity contribution is 5.86. The van der Waals surface area contributed by atoms with Crippen LogP contribution >= 0.6 is 0 Å². The summed E-state index contributed by atoms with van der Waals surface area (Å²) in [4.78, 5) is 0. The van der Waals surface area contributed by atoms with Gasteiger partial charge in [-0.05, 0) is 33.9 Å². The van der Waals surface area contributed by atoms with Crippen molar-refractivity contribution in [3.8, 4) is 0 Å². The first-order valence-corrected chi connectivity index (χ1v) is 6.74. The van der Waals surface area contributed by atoms with Crippen LogP contribution in [0.4, 0.5) is 0 Å². The Hall–Kier alpha value is -2.08. The second-order valence-corrected chi connectivity index (χ2v) is 5.13. The Kier molecular flexibility index (Phi) is 2.41. The average molecular weight is 242 g/mol. The molecule has 1 unspecified atom stereocenters. The molecule has 90 valence electrons. The van der Waals surface area contributed by atoms with Crippen molar-refractivity contribution >= 4 is 10.8 Å². The molecule has 0 amide bonds. The predicted molar refractivity (Wildman–Crippen MR) is 79.2 cm³/mol. The third-order valence-electron chi connectivity index (χ3n) is 3.97. The molecule has 2 radical (unpaired) electrons. The summed E-state index contributed by atoms with van der Waals surface area (Å²) in [6, 6.07) is 23.8. The van der Waals surface area contributed by atoms with E-state index in [1.807, 2.05) is 0 Å². The molecule has 0 nitrogen and oxygen atoms in total. The van der Waals surface area contributed by atoms with Gasteiger partial charge >= 0.3 is 0 Å². The zero-order valence-corrected chi connectivity index (χ0v) is 10.6. The summed E-state index contributed by atoms with van der Waals surface area (Å²) in [5, 5.41) is 2.67. The van der Waals surface area contributed by atoms with E-state index in [4.69, 9.17) is 0 Å². The zero-order valence-electron chi connectivity index (χ0n) is 10.6. The van der Waals surface area contributed by atoms with Crippen molar-refractivity contribution in [1.82, 2.24) is 0 Å². The lowest BCUT2D eigenvalue weighted by Gasteiger charge is -2.12. The Morgan fingerprint density at radius 1 is 0.789 bits per heavy atom. The van der Waals surface area contributed by atoms with Crippen molar-refractivity contribution in [1.29, 1.82) is 0 Å². The molecule has 0 saturated heterocycles. The summed E-state index contributed by atoms with van der Waals surface area (Å²) in [7, 11) is 0. The first-order valence-electron chi connectivity index (χ1n) is 6.74. The molecule has 0 bridgehead atoms. The summed E-state index contributed by atoms with van der Waals surface area (Å²) in [6.07, 6.45) is 4.72. The van der Waals surface area contributed by atoms with Gasteiger partial charge in [-0.25, -0.2) is 0 Å². The first kappa shape index (κ1) is 10.8. The average Bonchev–Trinajstić information content (AvgIpc) is 2.90. The van der Waals surface area contributed by atoms with Crippen LogP contribution in [0.3, 0.4) is 0 Å². The van der Waals surface area contributed by atoms with Crippen molar-refractivity contribution in [3.63, 3.8) is 0 Å². The number of hydrogen-bond acceptors (Lipinski definition) is 0. The van der Waals surface area contributed by atoms with Crippen molar-refractivity contribution in [3.05, 3.63) is 89.8 Å². The lowest BCUT2D eigenvalue weighted by atomic mass is 9.91. The lowest BCUT2D eigenvalue weighted by Crippen LogP contribution is -1.97. The fourth-order valence-corrected chi connectivity index (χ4v) is 3.04. The molecule has 1 aliphatic rings. The molecule has 0 aliphatic heterocycles. The van der Waals surface area contributed by atoms with Gasteiger partial charge in [0, 0.05) is 12.3 Å². The van der Waals surface area contributed by atoms with Crippen LogP contribution < -0.4 is 0 Å². The van der Waals surface area contributed by atoms with Gasteiger partial charge in [0.15, 0.2) is 0 Å². The summed E-state index contributed by atoms with van der Waals surface area (Å²) in [6.45, 7) is 0. The topological polar surface area (TPSA) is 0 Å². The number of rotatable bonds is 1. The van der Waals surface area contributed by atoms with Gasteiger partial charge in [-0.1, -0.05) is 66.7 Å². The van der Waals surface area contributed by atoms with Gasteiger partial charge < -0.3 is 0 Å². The second kappa shape index (κ2) is 4.24. The van der Waals surface area contributed by atoms with Crippen LogP contribution in [0, 0.1) is 6.42 Å². The fraction of sp³-hybridized carbons (Fsp3) is 0.105. The van der Waals surface area contributed by atoms with Gasteiger partial charge in [0.2, 0.25) is 0 Å². The Balaban J connectivity index is 1.81. The van der Waals surface area contributed by atoms with Crippen LogP contribution in [0.5, 0.6) is 0 Å². The van der Waals surface area contributed by atoms with E-state index in [1.165, 1.54) is 27.5 Å². The van der Waals surface area contributed by atoms with Crippen LogP contribution in [-0.2, 0) is 6.42 Å². The van der Waals surface area contributed by atoms with E-state index in [0.717, 1.165) is 6.42 Å². The molecule has 3 aromatic rings. The van der Waals surface area contributed by atoms with Crippen LogP contribution in [0.25, 0.3) is 10.8 Å². The molecule has 3 aromatic carbocycles. The molecule has 0 spiro atoms. The normalized spacial score (nSPS) is 14.7. The van der Waals surface area contributed by atoms with Crippen LogP contribution in [0.1, 0.15) is 22.6 Å². The summed E-state index contributed by atoms with van der Waals surface area (Å²) >= 11 is 0. The molecule has 0 heterocycles. The summed E-state index contributed by atoms with van der Waals surface area (Å²) in [5.41, 5.74) is 4.09. The smallest absolute Gasteiger partial charge is 0.0252 e. The molecule has 0 saturated carbocycles. The van der Waals surface area contributed by atoms with E-state index < -0.39 is 0 Å². The molecule has 0 fully saturated rings. The highest BCUT2D eigenvalue weighted by atomic mass is 14.3. The van der Waals surface area contributed by atoms with Crippen molar-refractivity contribution in [2.24, 2.45) is 0 Å². The molecule has 1 aliphatic carbocycles. The molecular weight excluding hydrogens is 228 g/mol. The van der Waals surface area contributed by atoms with Crippen LogP contribution in [-0.4, -0.2) is 0 Å². The molecule has 4 rings (SSSR count). The van der Waals surface area contributed by atoms with E-state index in [1.54, 1.807) is 0 Å². The number of fused-ring (bicyclic) bond motifs is 2. The highest BCUT2D eigenvalue weighted by Gasteiger charge is 2.24. The molecule has 0 aromatic heterocycles. The Bertz CT molecular complexity index is 709. The van der Waals surface area contributed by atoms with Crippen molar-refractivity contribution in [2.45, 2.75) is 12.3 Å². The van der Waals surface area contributed by atoms with E-state index >= 15 is 0 Å². The maximum absolute atomic E-state index is 3.64. The first-order chi connectivity index (χ1) is 9.42. The number of benzene rings is 3. The highest BCUT2D eigenvalue weighted by Crippen LogP contribution is 2.38. The Morgan fingerprint density at radius 2 is 1.58 bits per heavy atom. The quantitative estimate of drug-likeness (QED) is 0.584. The van der Waals surface area contributed by atoms with E-state index in [0.29, 0.717) is 5.92 Å². The van der Waals surface area contributed by atoms with Gasteiger partial charge in [0.05, 0.1) is 0 Å². The van der Waals surface area contributed by atoms with Gasteiger partial charge in [-0.15, -0.1) is 0 Å². The minimum Gasteiger partial charge on any atom is -0.0620 e. The predicted octanol–water partition coefficient (Wildman–Crippen LogP) is 4.61. The Morgan fingerprint density at radius 3 is 2.53 bits per heavy atom. The third kappa shape index (κ3) is 1.76. The lowest BCUT2D eigenvalue weighted by molar-refractivity contribution is 0.855. The molecule has 0 N–H and O–H groups in total. The van der Waals surface area contributed by atoms with Gasteiger partial charge in [-0.3, -0.25) is 0 Å². The minimum absolute atomic E-state index is 0.392. The monoisotopic (exact) mass is 242 g/mol. The summed E-state index contributed by atoms with van der Waals surface area (Å²) in [5.74, 6) is 0.392. The second-order valence-electron chi connectivity index (χ2n) is 5.13. The number of hydrogen-bond donors (Lipinski definition) is 0.